The van der Waals surface area contributed by atoms with Crippen molar-refractivity contribution < 1.29 is 4.79 Å². The van der Waals surface area contributed by atoms with Crippen molar-refractivity contribution in [1.29, 1.82) is 0 Å². The van der Waals surface area contributed by atoms with Crippen molar-refractivity contribution in [1.82, 2.24) is 19.7 Å². The Morgan fingerprint density at radius 3 is 2.61 bits per heavy atom. The maximum absolute atomic E-state index is 13.3. The van der Waals surface area contributed by atoms with Crippen molar-refractivity contribution in [2.24, 2.45) is 7.05 Å². The maximum Gasteiger partial charge on any atom is 0.274 e. The largest absolute Gasteiger partial charge is 0.335 e. The van der Waals surface area contributed by atoms with E-state index in [1.54, 1.807) is 25.5 Å². The summed E-state index contributed by atoms with van der Waals surface area (Å²) in [5.74, 6) is 0.0556. The number of pyridine rings is 1. The van der Waals surface area contributed by atoms with Gasteiger partial charge in [0.15, 0.2) is 0 Å². The van der Waals surface area contributed by atoms with Gasteiger partial charge in [0.2, 0.25) is 5.91 Å². The molecule has 3 heterocycles. The minimum Gasteiger partial charge on any atom is -0.335 e. The molecular weight excluding hydrogens is 352 g/mol. The van der Waals surface area contributed by atoms with Gasteiger partial charge in [-0.3, -0.25) is 14.6 Å². The Morgan fingerprint density at radius 1 is 1.07 bits per heavy atom. The van der Waals surface area contributed by atoms with Crippen LogP contribution in [0.25, 0.3) is 10.8 Å². The molecule has 1 aliphatic heterocycles. The summed E-state index contributed by atoms with van der Waals surface area (Å²) in [4.78, 5) is 31.8. The van der Waals surface area contributed by atoms with Crippen LogP contribution >= 0.6 is 0 Å². The van der Waals surface area contributed by atoms with Gasteiger partial charge in [-0.2, -0.15) is 5.10 Å². The lowest BCUT2D eigenvalue weighted by molar-refractivity contribution is -0.133. The third-order valence-electron chi connectivity index (χ3n) is 5.52. The summed E-state index contributed by atoms with van der Waals surface area (Å²) in [5, 5.41) is 5.76. The Bertz CT molecular complexity index is 1050. The van der Waals surface area contributed by atoms with E-state index in [2.05, 4.69) is 10.1 Å². The van der Waals surface area contributed by atoms with Gasteiger partial charge in [0.05, 0.1) is 23.5 Å². The molecule has 0 bridgehead atoms. The predicted octanol–water partition coefficient (Wildman–Crippen LogP) is 3.01. The molecule has 1 aromatic carbocycles. The van der Waals surface area contributed by atoms with Crippen LogP contribution in [-0.4, -0.2) is 32.1 Å². The molecule has 1 atom stereocenters. The highest BCUT2D eigenvalue weighted by molar-refractivity contribution is 5.88. The zero-order valence-electron chi connectivity index (χ0n) is 16.0. The number of aryl methyl sites for hydroxylation is 1. The second kappa shape index (κ2) is 7.92. The summed E-state index contributed by atoms with van der Waals surface area (Å²) in [6.07, 6.45) is 7.96. The van der Waals surface area contributed by atoms with Crippen LogP contribution in [-0.2, 0) is 18.3 Å². The molecule has 0 saturated carbocycles. The Morgan fingerprint density at radius 2 is 1.82 bits per heavy atom. The summed E-state index contributed by atoms with van der Waals surface area (Å²) in [5.41, 5.74) is 1.64. The summed E-state index contributed by atoms with van der Waals surface area (Å²) < 4.78 is 1.33. The summed E-state index contributed by atoms with van der Waals surface area (Å²) in [6, 6.07) is 11.4. The first-order valence-corrected chi connectivity index (χ1v) is 9.79. The fourth-order valence-electron chi connectivity index (χ4n) is 4.09. The molecule has 144 valence electrons. The molecular formula is C22H24N4O2. The van der Waals surface area contributed by atoms with Crippen LogP contribution in [0.1, 0.15) is 43.0 Å². The first-order valence-electron chi connectivity index (χ1n) is 9.79. The topological polar surface area (TPSA) is 68.1 Å². The number of hydrogen-bond acceptors (Lipinski definition) is 4. The SMILES string of the molecule is Cn1nc(CC(=O)N2CCCCCC2c2ccncc2)c2ccccc2c1=O. The standard InChI is InChI=1S/C22H24N4O2/c1-25-22(28)18-8-5-4-7-17(18)19(24-25)15-21(27)26-14-6-2-3-9-20(26)16-10-12-23-13-11-16/h4-5,7-8,10-13,20H,2-3,6,9,14-15H2,1H3. The average Bonchev–Trinajstić information content (AvgIpc) is 2.99. The first-order chi connectivity index (χ1) is 13.6. The second-order valence-electron chi connectivity index (χ2n) is 7.33. The molecule has 28 heavy (non-hydrogen) atoms. The van der Waals surface area contributed by atoms with Crippen LogP contribution in [0.3, 0.4) is 0 Å². The molecule has 0 radical (unpaired) electrons. The molecule has 1 amide bonds. The monoisotopic (exact) mass is 376 g/mol. The molecule has 0 N–H and O–H groups in total. The summed E-state index contributed by atoms with van der Waals surface area (Å²) in [6.45, 7) is 0.746. The molecule has 1 saturated heterocycles. The Labute approximate surface area is 163 Å². The van der Waals surface area contributed by atoms with E-state index < -0.39 is 0 Å². The Kier molecular flexibility index (Phi) is 5.19. The number of benzene rings is 1. The van der Waals surface area contributed by atoms with Crippen LogP contribution in [0, 0.1) is 0 Å². The number of likely N-dealkylation sites (tertiary alicyclic amines) is 1. The lowest BCUT2D eigenvalue weighted by Crippen LogP contribution is -2.36. The van der Waals surface area contributed by atoms with Crippen LogP contribution in [0.2, 0.25) is 0 Å². The minimum atomic E-state index is -0.142. The van der Waals surface area contributed by atoms with Gasteiger partial charge in [-0.05, 0) is 36.6 Å². The van der Waals surface area contributed by atoms with Crippen molar-refractivity contribution in [2.75, 3.05) is 6.54 Å². The highest BCUT2D eigenvalue weighted by Crippen LogP contribution is 2.30. The smallest absolute Gasteiger partial charge is 0.274 e. The zero-order chi connectivity index (χ0) is 19.5. The third-order valence-corrected chi connectivity index (χ3v) is 5.52. The molecule has 1 fully saturated rings. The quantitative estimate of drug-likeness (QED) is 0.705. The van der Waals surface area contributed by atoms with E-state index in [0.717, 1.165) is 43.2 Å². The van der Waals surface area contributed by atoms with E-state index in [9.17, 15) is 9.59 Å². The molecule has 6 heteroatoms. The number of fused-ring (bicyclic) bond motifs is 1. The van der Waals surface area contributed by atoms with Crippen LogP contribution in [0.5, 0.6) is 0 Å². The normalized spacial score (nSPS) is 17.5. The van der Waals surface area contributed by atoms with Gasteiger partial charge < -0.3 is 4.90 Å². The number of carbonyl (C=O) groups is 1. The number of aromatic nitrogens is 3. The lowest BCUT2D eigenvalue weighted by Gasteiger charge is -2.30. The van der Waals surface area contributed by atoms with Gasteiger partial charge in [-0.1, -0.05) is 31.0 Å². The summed E-state index contributed by atoms with van der Waals surface area (Å²) >= 11 is 0. The zero-order valence-corrected chi connectivity index (χ0v) is 16.0. The van der Waals surface area contributed by atoms with Gasteiger partial charge in [0.1, 0.15) is 0 Å². The second-order valence-corrected chi connectivity index (χ2v) is 7.33. The van der Waals surface area contributed by atoms with E-state index >= 15 is 0 Å². The molecule has 2 aromatic heterocycles. The van der Waals surface area contributed by atoms with Crippen LogP contribution < -0.4 is 5.56 Å². The van der Waals surface area contributed by atoms with E-state index in [0.29, 0.717) is 11.1 Å². The van der Waals surface area contributed by atoms with Gasteiger partial charge >= 0.3 is 0 Å². The maximum atomic E-state index is 13.3. The van der Waals surface area contributed by atoms with Crippen molar-refractivity contribution in [3.8, 4) is 0 Å². The lowest BCUT2D eigenvalue weighted by atomic mass is 10.0. The highest BCUT2D eigenvalue weighted by atomic mass is 16.2. The molecule has 3 aromatic rings. The third kappa shape index (κ3) is 3.54. The van der Waals surface area contributed by atoms with Crippen molar-refractivity contribution in [3.05, 3.63) is 70.4 Å². The molecule has 0 aliphatic carbocycles. The fourth-order valence-corrected chi connectivity index (χ4v) is 4.09. The molecule has 0 spiro atoms. The number of nitrogens with zero attached hydrogens (tertiary/aromatic N) is 4. The van der Waals surface area contributed by atoms with Crippen LogP contribution in [0.15, 0.2) is 53.6 Å². The Balaban J connectivity index is 1.68. The van der Waals surface area contributed by atoms with E-state index in [4.69, 9.17) is 0 Å². The first kappa shape index (κ1) is 18.3. The van der Waals surface area contributed by atoms with Crippen molar-refractivity contribution in [3.63, 3.8) is 0 Å². The van der Waals surface area contributed by atoms with E-state index in [1.165, 1.54) is 4.68 Å². The van der Waals surface area contributed by atoms with Gasteiger partial charge in [0.25, 0.3) is 5.56 Å². The van der Waals surface area contributed by atoms with Crippen LogP contribution in [0.4, 0.5) is 0 Å². The van der Waals surface area contributed by atoms with E-state index in [-0.39, 0.29) is 23.9 Å². The number of hydrogen-bond donors (Lipinski definition) is 0. The summed E-state index contributed by atoms with van der Waals surface area (Å²) in [7, 11) is 1.63. The average molecular weight is 376 g/mol. The van der Waals surface area contributed by atoms with E-state index in [1.807, 2.05) is 35.2 Å². The highest BCUT2D eigenvalue weighted by Gasteiger charge is 2.27. The van der Waals surface area contributed by atoms with Gasteiger partial charge in [0, 0.05) is 31.4 Å². The molecule has 4 rings (SSSR count). The van der Waals surface area contributed by atoms with Crippen molar-refractivity contribution >= 4 is 16.7 Å². The Hall–Kier alpha value is -3.02. The van der Waals surface area contributed by atoms with Crippen molar-refractivity contribution in [2.45, 2.75) is 38.1 Å². The number of rotatable bonds is 3. The van der Waals surface area contributed by atoms with Gasteiger partial charge in [-0.15, -0.1) is 0 Å². The molecule has 1 aliphatic rings. The predicted molar refractivity (Wildman–Crippen MR) is 108 cm³/mol. The minimum absolute atomic E-state index is 0.0556. The fraction of sp³-hybridized carbons (Fsp3) is 0.364. The number of amides is 1. The number of carbonyl (C=O) groups excluding carboxylic acids is 1. The molecule has 1 unspecified atom stereocenters. The van der Waals surface area contributed by atoms with Gasteiger partial charge in [-0.25, -0.2) is 4.68 Å². The molecule has 6 nitrogen and oxygen atoms in total.